The zero-order valence-electron chi connectivity index (χ0n) is 13.9. The molecule has 3 heteroatoms. The Labute approximate surface area is 125 Å². The minimum atomic E-state index is 0.382. The van der Waals surface area contributed by atoms with Gasteiger partial charge in [0.1, 0.15) is 0 Å². The molecule has 1 saturated carbocycles. The van der Waals surface area contributed by atoms with E-state index in [9.17, 15) is 0 Å². The highest BCUT2D eigenvalue weighted by Crippen LogP contribution is 2.31. The maximum Gasteiger partial charge on any atom is 0.0678 e. The molecule has 2 rings (SSSR count). The minimum Gasteiger partial charge on any atom is -0.373 e. The third kappa shape index (κ3) is 4.19. The first-order chi connectivity index (χ1) is 9.63. The van der Waals surface area contributed by atoms with Crippen molar-refractivity contribution in [3.63, 3.8) is 0 Å². The van der Waals surface area contributed by atoms with Crippen molar-refractivity contribution in [2.45, 2.75) is 84.1 Å². The van der Waals surface area contributed by atoms with Crippen LogP contribution in [0.4, 0.5) is 0 Å². The number of ether oxygens (including phenoxy) is 1. The van der Waals surface area contributed by atoms with Crippen LogP contribution in [0.3, 0.4) is 0 Å². The summed E-state index contributed by atoms with van der Waals surface area (Å²) in [5.74, 6) is 0.924. The normalized spacial score (nSPS) is 39.9. The smallest absolute Gasteiger partial charge is 0.0678 e. The molecule has 1 aliphatic heterocycles. The molecule has 20 heavy (non-hydrogen) atoms. The second kappa shape index (κ2) is 7.77. The quantitative estimate of drug-likeness (QED) is 0.839. The number of hydrogen-bond donors (Lipinski definition) is 1. The van der Waals surface area contributed by atoms with Crippen LogP contribution >= 0.6 is 0 Å². The molecular formula is C17H34N2O. The molecule has 3 nitrogen and oxygen atoms in total. The molecule has 1 N–H and O–H groups in total. The van der Waals surface area contributed by atoms with Gasteiger partial charge in [-0.05, 0) is 52.0 Å². The summed E-state index contributed by atoms with van der Waals surface area (Å²) in [6, 6.07) is 1.41. The second-order valence-corrected chi connectivity index (χ2v) is 6.93. The second-order valence-electron chi connectivity index (χ2n) is 6.93. The van der Waals surface area contributed by atoms with Gasteiger partial charge in [-0.3, -0.25) is 4.90 Å². The van der Waals surface area contributed by atoms with E-state index in [1.165, 1.54) is 32.1 Å². The molecular weight excluding hydrogens is 248 g/mol. The van der Waals surface area contributed by atoms with E-state index < -0.39 is 0 Å². The highest BCUT2D eigenvalue weighted by Gasteiger charge is 2.36. The van der Waals surface area contributed by atoms with Crippen LogP contribution in [-0.4, -0.2) is 48.8 Å². The lowest BCUT2D eigenvalue weighted by atomic mass is 9.80. The van der Waals surface area contributed by atoms with E-state index in [1.54, 1.807) is 0 Å². The van der Waals surface area contributed by atoms with Crippen LogP contribution in [0.1, 0.15) is 59.8 Å². The van der Waals surface area contributed by atoms with Gasteiger partial charge in [0.25, 0.3) is 0 Å². The van der Waals surface area contributed by atoms with Crippen molar-refractivity contribution in [1.82, 2.24) is 10.2 Å². The summed E-state index contributed by atoms with van der Waals surface area (Å²) in [5.41, 5.74) is 0. The molecule has 1 saturated heterocycles. The van der Waals surface area contributed by atoms with Crippen LogP contribution in [0.15, 0.2) is 0 Å². The van der Waals surface area contributed by atoms with Gasteiger partial charge in [-0.1, -0.05) is 20.3 Å². The van der Waals surface area contributed by atoms with E-state index in [0.717, 1.165) is 25.6 Å². The predicted molar refractivity (Wildman–Crippen MR) is 85.1 cm³/mol. The zero-order valence-corrected chi connectivity index (χ0v) is 13.9. The maximum atomic E-state index is 5.91. The number of hydrogen-bond acceptors (Lipinski definition) is 3. The largest absolute Gasteiger partial charge is 0.373 e. The van der Waals surface area contributed by atoms with Crippen molar-refractivity contribution >= 4 is 0 Å². The molecule has 5 atom stereocenters. The standard InChI is InChI=1S/C17H34N2O/c1-5-9-18-16-8-7-15(6-2)10-17(16)19-11-13(3)20-14(4)12-19/h13-18H,5-12H2,1-4H3. The fourth-order valence-corrected chi connectivity index (χ4v) is 4.06. The molecule has 0 aromatic heterocycles. The van der Waals surface area contributed by atoms with Gasteiger partial charge >= 0.3 is 0 Å². The number of rotatable bonds is 5. The van der Waals surface area contributed by atoms with Gasteiger partial charge < -0.3 is 10.1 Å². The lowest BCUT2D eigenvalue weighted by Gasteiger charge is -2.47. The average molecular weight is 282 g/mol. The van der Waals surface area contributed by atoms with Crippen LogP contribution < -0.4 is 5.32 Å². The molecule has 5 unspecified atom stereocenters. The first kappa shape index (κ1) is 16.3. The first-order valence-corrected chi connectivity index (χ1v) is 8.76. The molecule has 0 spiro atoms. The van der Waals surface area contributed by atoms with Gasteiger partial charge in [0, 0.05) is 25.2 Å². The van der Waals surface area contributed by atoms with E-state index in [2.05, 4.69) is 37.9 Å². The van der Waals surface area contributed by atoms with Crippen LogP contribution in [-0.2, 0) is 4.74 Å². The van der Waals surface area contributed by atoms with Gasteiger partial charge in [-0.15, -0.1) is 0 Å². The molecule has 1 heterocycles. The van der Waals surface area contributed by atoms with Crippen LogP contribution in [0, 0.1) is 5.92 Å². The average Bonchev–Trinajstić information content (AvgIpc) is 2.44. The molecule has 0 radical (unpaired) electrons. The van der Waals surface area contributed by atoms with Crippen molar-refractivity contribution in [3.8, 4) is 0 Å². The molecule has 0 bridgehead atoms. The van der Waals surface area contributed by atoms with E-state index >= 15 is 0 Å². The Hall–Kier alpha value is -0.120. The molecule has 118 valence electrons. The van der Waals surface area contributed by atoms with Crippen LogP contribution in [0.5, 0.6) is 0 Å². The zero-order chi connectivity index (χ0) is 14.5. The van der Waals surface area contributed by atoms with Crippen molar-refractivity contribution in [2.24, 2.45) is 5.92 Å². The summed E-state index contributed by atoms with van der Waals surface area (Å²) in [6.45, 7) is 12.4. The number of nitrogens with one attached hydrogen (secondary N) is 1. The van der Waals surface area contributed by atoms with E-state index in [0.29, 0.717) is 24.3 Å². The molecule has 0 amide bonds. The third-order valence-electron chi connectivity index (χ3n) is 5.08. The van der Waals surface area contributed by atoms with Gasteiger partial charge in [0.2, 0.25) is 0 Å². The highest BCUT2D eigenvalue weighted by atomic mass is 16.5. The summed E-state index contributed by atoms with van der Waals surface area (Å²) in [6.07, 6.45) is 7.47. The van der Waals surface area contributed by atoms with Crippen LogP contribution in [0.2, 0.25) is 0 Å². The third-order valence-corrected chi connectivity index (χ3v) is 5.08. The van der Waals surface area contributed by atoms with Crippen molar-refractivity contribution in [2.75, 3.05) is 19.6 Å². The van der Waals surface area contributed by atoms with Gasteiger partial charge in [-0.25, -0.2) is 0 Å². The summed E-state index contributed by atoms with van der Waals surface area (Å²) >= 11 is 0. The Kier molecular flexibility index (Phi) is 6.31. The number of morpholine rings is 1. The molecule has 2 fully saturated rings. The van der Waals surface area contributed by atoms with Gasteiger partial charge in [0.15, 0.2) is 0 Å². The minimum absolute atomic E-state index is 0.382. The predicted octanol–water partition coefficient (Wildman–Crippen LogP) is 3.04. The SMILES string of the molecule is CCCNC1CCC(CC)CC1N1CC(C)OC(C)C1. The Bertz CT molecular complexity index is 274. The highest BCUT2D eigenvalue weighted by molar-refractivity contribution is 4.93. The fourth-order valence-electron chi connectivity index (χ4n) is 4.06. The summed E-state index contributed by atoms with van der Waals surface area (Å²) < 4.78 is 5.91. The Morgan fingerprint density at radius 3 is 2.40 bits per heavy atom. The first-order valence-electron chi connectivity index (χ1n) is 8.76. The summed E-state index contributed by atoms with van der Waals surface area (Å²) in [7, 11) is 0. The Balaban J connectivity index is 2.01. The van der Waals surface area contributed by atoms with E-state index in [-0.39, 0.29) is 0 Å². The number of nitrogens with zero attached hydrogens (tertiary/aromatic N) is 1. The van der Waals surface area contributed by atoms with Gasteiger partial charge in [0.05, 0.1) is 12.2 Å². The van der Waals surface area contributed by atoms with Crippen molar-refractivity contribution < 1.29 is 4.74 Å². The van der Waals surface area contributed by atoms with Crippen molar-refractivity contribution in [3.05, 3.63) is 0 Å². The Morgan fingerprint density at radius 2 is 1.80 bits per heavy atom. The van der Waals surface area contributed by atoms with E-state index in [4.69, 9.17) is 4.74 Å². The lowest BCUT2D eigenvalue weighted by Crippen LogP contribution is -2.58. The monoisotopic (exact) mass is 282 g/mol. The molecule has 1 aliphatic carbocycles. The summed E-state index contributed by atoms with van der Waals surface area (Å²) in [5, 5.41) is 3.81. The molecule has 2 aliphatic rings. The van der Waals surface area contributed by atoms with E-state index in [1.807, 2.05) is 0 Å². The molecule has 0 aromatic carbocycles. The van der Waals surface area contributed by atoms with Crippen molar-refractivity contribution in [1.29, 1.82) is 0 Å². The molecule has 0 aromatic rings. The summed E-state index contributed by atoms with van der Waals surface area (Å²) in [4.78, 5) is 2.72. The fraction of sp³-hybridized carbons (Fsp3) is 1.00. The topological polar surface area (TPSA) is 24.5 Å². The Morgan fingerprint density at radius 1 is 1.10 bits per heavy atom. The van der Waals surface area contributed by atoms with Gasteiger partial charge in [-0.2, -0.15) is 0 Å². The maximum absolute atomic E-state index is 5.91. The van der Waals surface area contributed by atoms with Crippen LogP contribution in [0.25, 0.3) is 0 Å². The lowest BCUT2D eigenvalue weighted by molar-refractivity contribution is -0.0905.